The number of hydrogen-bond donors (Lipinski definition) is 0. The Hall–Kier alpha value is -2.34. The third kappa shape index (κ3) is 4.20. The fraction of sp³-hybridized carbons (Fsp3) is 0.474. The predicted octanol–water partition coefficient (Wildman–Crippen LogP) is 2.40. The maximum absolute atomic E-state index is 12.6. The van der Waals surface area contributed by atoms with E-state index in [0.717, 1.165) is 42.4 Å². The van der Waals surface area contributed by atoms with Gasteiger partial charge in [-0.15, -0.1) is 0 Å². The van der Waals surface area contributed by atoms with Gasteiger partial charge in [0.2, 0.25) is 0 Å². The van der Waals surface area contributed by atoms with Crippen LogP contribution in [0.2, 0.25) is 0 Å². The van der Waals surface area contributed by atoms with E-state index in [1.807, 2.05) is 56.0 Å². The molecule has 0 N–H and O–H groups in total. The summed E-state index contributed by atoms with van der Waals surface area (Å²) in [5.41, 5.74) is 2.10. The lowest BCUT2D eigenvalue weighted by atomic mass is 10.1. The average Bonchev–Trinajstić information content (AvgIpc) is 2.94. The van der Waals surface area contributed by atoms with Gasteiger partial charge in [0.25, 0.3) is 5.91 Å². The Bertz CT molecular complexity index is 686. The molecule has 6 nitrogen and oxygen atoms in total. The molecule has 0 radical (unpaired) electrons. The van der Waals surface area contributed by atoms with Gasteiger partial charge in [-0.25, -0.2) is 0 Å². The molecule has 6 heteroatoms. The van der Waals surface area contributed by atoms with E-state index in [1.54, 1.807) is 0 Å². The summed E-state index contributed by atoms with van der Waals surface area (Å²) in [5, 5.41) is 4.01. The van der Waals surface area contributed by atoms with Crippen molar-refractivity contribution >= 4 is 5.91 Å². The van der Waals surface area contributed by atoms with Crippen LogP contribution in [-0.4, -0.2) is 53.1 Å². The van der Waals surface area contributed by atoms with E-state index in [2.05, 4.69) is 10.1 Å². The topological polar surface area (TPSA) is 58.8 Å². The summed E-state index contributed by atoms with van der Waals surface area (Å²) in [4.78, 5) is 16.8. The van der Waals surface area contributed by atoms with Gasteiger partial charge in [-0.3, -0.25) is 9.69 Å². The molecule has 1 saturated heterocycles. The third-order valence-electron chi connectivity index (χ3n) is 4.65. The van der Waals surface area contributed by atoms with Crippen molar-refractivity contribution in [3.8, 4) is 5.75 Å². The maximum Gasteiger partial charge on any atom is 0.263 e. The van der Waals surface area contributed by atoms with Crippen molar-refractivity contribution in [1.82, 2.24) is 15.0 Å². The molecular formula is C19H25N3O3. The molecule has 1 unspecified atom stereocenters. The van der Waals surface area contributed by atoms with E-state index in [0.29, 0.717) is 13.1 Å². The molecule has 1 amide bonds. The highest BCUT2D eigenvalue weighted by molar-refractivity contribution is 5.81. The van der Waals surface area contributed by atoms with Gasteiger partial charge in [-0.05, 0) is 32.9 Å². The monoisotopic (exact) mass is 343 g/mol. The van der Waals surface area contributed by atoms with Crippen LogP contribution in [0, 0.1) is 13.8 Å². The van der Waals surface area contributed by atoms with Gasteiger partial charge in [-0.2, -0.15) is 0 Å². The van der Waals surface area contributed by atoms with Crippen LogP contribution in [0.1, 0.15) is 23.9 Å². The summed E-state index contributed by atoms with van der Waals surface area (Å²) in [6.07, 6.45) is -0.475. The minimum Gasteiger partial charge on any atom is -0.481 e. The number of rotatable bonds is 5. The number of piperazine rings is 1. The zero-order chi connectivity index (χ0) is 17.8. The number of hydrogen-bond acceptors (Lipinski definition) is 5. The van der Waals surface area contributed by atoms with Gasteiger partial charge in [0, 0.05) is 38.3 Å². The first-order chi connectivity index (χ1) is 12.0. The van der Waals surface area contributed by atoms with E-state index in [9.17, 15) is 4.79 Å². The highest BCUT2D eigenvalue weighted by atomic mass is 16.5. The van der Waals surface area contributed by atoms with Crippen molar-refractivity contribution in [3.05, 3.63) is 47.3 Å². The minimum absolute atomic E-state index is 0.0424. The molecular weight excluding hydrogens is 318 g/mol. The molecule has 25 heavy (non-hydrogen) atoms. The number of nitrogens with zero attached hydrogens (tertiary/aromatic N) is 3. The summed E-state index contributed by atoms with van der Waals surface area (Å²) in [7, 11) is 0. The quantitative estimate of drug-likeness (QED) is 0.834. The maximum atomic E-state index is 12.6. The Morgan fingerprint density at radius 2 is 1.88 bits per heavy atom. The lowest BCUT2D eigenvalue weighted by molar-refractivity contribution is -0.139. The van der Waals surface area contributed by atoms with Crippen molar-refractivity contribution < 1.29 is 14.1 Å². The molecule has 1 aromatic heterocycles. The number of para-hydroxylation sites is 1. The Morgan fingerprint density at radius 3 is 2.48 bits per heavy atom. The largest absolute Gasteiger partial charge is 0.481 e. The van der Waals surface area contributed by atoms with Crippen molar-refractivity contribution in [3.63, 3.8) is 0 Å². The van der Waals surface area contributed by atoms with Crippen LogP contribution in [0.25, 0.3) is 0 Å². The fourth-order valence-corrected chi connectivity index (χ4v) is 3.09. The third-order valence-corrected chi connectivity index (χ3v) is 4.65. The second-order valence-electron chi connectivity index (χ2n) is 6.48. The first-order valence-corrected chi connectivity index (χ1v) is 8.69. The molecule has 134 valence electrons. The fourth-order valence-electron chi connectivity index (χ4n) is 3.09. The van der Waals surface area contributed by atoms with E-state index >= 15 is 0 Å². The van der Waals surface area contributed by atoms with Crippen LogP contribution in [0.15, 0.2) is 34.9 Å². The summed E-state index contributed by atoms with van der Waals surface area (Å²) in [6.45, 7) is 9.65. The Kier molecular flexibility index (Phi) is 5.38. The minimum atomic E-state index is -0.475. The van der Waals surface area contributed by atoms with Crippen LogP contribution in [0.3, 0.4) is 0 Å². The SMILES string of the molecule is Cc1noc(C)c1CN1CCN(C(=O)C(C)Oc2ccccc2)CC1. The molecule has 1 aromatic carbocycles. The van der Waals surface area contributed by atoms with E-state index in [4.69, 9.17) is 9.26 Å². The standard InChI is InChI=1S/C19H25N3O3/c1-14-18(15(2)25-20-14)13-21-9-11-22(12-10-21)19(23)16(3)24-17-7-5-4-6-8-17/h4-8,16H,9-13H2,1-3H3. The Labute approximate surface area is 148 Å². The number of amides is 1. The van der Waals surface area contributed by atoms with E-state index < -0.39 is 6.10 Å². The van der Waals surface area contributed by atoms with Gasteiger partial charge in [0.1, 0.15) is 11.5 Å². The van der Waals surface area contributed by atoms with Gasteiger partial charge < -0.3 is 14.2 Å². The number of ether oxygens (including phenoxy) is 1. The molecule has 0 saturated carbocycles. The van der Waals surface area contributed by atoms with Crippen molar-refractivity contribution in [1.29, 1.82) is 0 Å². The second kappa shape index (κ2) is 7.70. The summed E-state index contributed by atoms with van der Waals surface area (Å²) < 4.78 is 11.0. The number of carbonyl (C=O) groups is 1. The van der Waals surface area contributed by atoms with Crippen LogP contribution in [0.4, 0.5) is 0 Å². The normalized spacial score (nSPS) is 16.7. The first-order valence-electron chi connectivity index (χ1n) is 8.69. The van der Waals surface area contributed by atoms with Gasteiger partial charge in [0.05, 0.1) is 5.69 Å². The summed E-state index contributed by atoms with van der Waals surface area (Å²) in [5.74, 6) is 1.64. The number of aryl methyl sites for hydroxylation is 2. The van der Waals surface area contributed by atoms with Crippen LogP contribution >= 0.6 is 0 Å². The second-order valence-corrected chi connectivity index (χ2v) is 6.48. The number of benzene rings is 1. The highest BCUT2D eigenvalue weighted by Gasteiger charge is 2.26. The van der Waals surface area contributed by atoms with Crippen molar-refractivity contribution in [2.24, 2.45) is 0 Å². The molecule has 0 bridgehead atoms. The van der Waals surface area contributed by atoms with Gasteiger partial charge in [-0.1, -0.05) is 23.4 Å². The molecule has 1 atom stereocenters. The molecule has 0 spiro atoms. The van der Waals surface area contributed by atoms with Crippen molar-refractivity contribution in [2.45, 2.75) is 33.4 Å². The van der Waals surface area contributed by atoms with Crippen LogP contribution < -0.4 is 4.74 Å². The Balaban J connectivity index is 1.50. The molecule has 1 aliphatic heterocycles. The molecule has 0 aliphatic carbocycles. The number of carbonyl (C=O) groups excluding carboxylic acids is 1. The summed E-state index contributed by atoms with van der Waals surface area (Å²) >= 11 is 0. The van der Waals surface area contributed by atoms with Crippen LogP contribution in [0.5, 0.6) is 5.75 Å². The molecule has 1 fully saturated rings. The zero-order valence-corrected chi connectivity index (χ0v) is 15.1. The first kappa shape index (κ1) is 17.5. The van der Waals surface area contributed by atoms with Crippen molar-refractivity contribution in [2.75, 3.05) is 26.2 Å². The molecule has 2 heterocycles. The smallest absolute Gasteiger partial charge is 0.263 e. The van der Waals surface area contributed by atoms with E-state index in [1.165, 1.54) is 0 Å². The van der Waals surface area contributed by atoms with Gasteiger partial charge in [0.15, 0.2) is 6.10 Å². The highest BCUT2D eigenvalue weighted by Crippen LogP contribution is 2.17. The molecule has 2 aromatic rings. The van der Waals surface area contributed by atoms with Gasteiger partial charge >= 0.3 is 0 Å². The molecule has 1 aliphatic rings. The predicted molar refractivity (Wildman–Crippen MR) is 94.4 cm³/mol. The Morgan fingerprint density at radius 1 is 1.20 bits per heavy atom. The lowest BCUT2D eigenvalue weighted by Crippen LogP contribution is -2.51. The van der Waals surface area contributed by atoms with E-state index in [-0.39, 0.29) is 5.91 Å². The molecule has 3 rings (SSSR count). The average molecular weight is 343 g/mol. The van der Waals surface area contributed by atoms with Crippen LogP contribution in [-0.2, 0) is 11.3 Å². The zero-order valence-electron chi connectivity index (χ0n) is 15.1. The number of aromatic nitrogens is 1. The lowest BCUT2D eigenvalue weighted by Gasteiger charge is -2.35. The summed E-state index contributed by atoms with van der Waals surface area (Å²) in [6, 6.07) is 9.47.